The highest BCUT2D eigenvalue weighted by Crippen LogP contribution is 2.60. The number of guanidine groups is 1. The number of rotatable bonds is 4. The topological polar surface area (TPSA) is 30.9 Å². The van der Waals surface area contributed by atoms with Crippen LogP contribution >= 0.6 is 24.0 Å². The van der Waals surface area contributed by atoms with Gasteiger partial charge in [-0.2, -0.15) is 0 Å². The summed E-state index contributed by atoms with van der Waals surface area (Å²) in [7, 11) is 1.92. The quantitative estimate of drug-likeness (QED) is 0.429. The van der Waals surface area contributed by atoms with Crippen LogP contribution in [0, 0.1) is 18.3 Å². The molecule has 1 aromatic carbocycles. The van der Waals surface area contributed by atoms with E-state index in [4.69, 9.17) is 0 Å². The lowest BCUT2D eigenvalue weighted by molar-refractivity contribution is 0.359. The lowest BCUT2D eigenvalue weighted by Crippen LogP contribution is -2.53. The Balaban J connectivity index is 0.00000182. The predicted molar refractivity (Wildman–Crippen MR) is 116 cm³/mol. The van der Waals surface area contributed by atoms with Crippen molar-refractivity contribution in [2.45, 2.75) is 32.6 Å². The van der Waals surface area contributed by atoms with Crippen molar-refractivity contribution in [3.8, 4) is 0 Å². The van der Waals surface area contributed by atoms with Crippen LogP contribution in [0.15, 0.2) is 29.3 Å². The molecule has 0 radical (unpaired) electrons. The Labute approximate surface area is 169 Å². The van der Waals surface area contributed by atoms with E-state index in [2.05, 4.69) is 51.3 Å². The molecule has 25 heavy (non-hydrogen) atoms. The fourth-order valence-electron chi connectivity index (χ4n) is 4.17. The highest BCUT2D eigenvalue weighted by molar-refractivity contribution is 14.0. The van der Waals surface area contributed by atoms with Gasteiger partial charge in [-0.1, -0.05) is 12.1 Å². The minimum Gasteiger partial charge on any atom is -0.368 e. The molecule has 0 aromatic heterocycles. The molecule has 4 rings (SSSR count). The van der Waals surface area contributed by atoms with Gasteiger partial charge in [0.15, 0.2) is 5.96 Å². The maximum atomic E-state index is 4.55. The molecule has 0 spiro atoms. The molecule has 2 aliphatic carbocycles. The zero-order chi connectivity index (χ0) is 16.6. The van der Waals surface area contributed by atoms with Gasteiger partial charge in [-0.05, 0) is 61.6 Å². The van der Waals surface area contributed by atoms with Crippen molar-refractivity contribution < 1.29 is 0 Å². The monoisotopic (exact) mass is 454 g/mol. The molecule has 1 aliphatic heterocycles. The molecule has 138 valence electrons. The predicted octanol–water partition coefficient (Wildman–Crippen LogP) is 3.50. The van der Waals surface area contributed by atoms with Crippen LogP contribution in [0.4, 0.5) is 5.69 Å². The molecule has 1 heterocycles. The van der Waals surface area contributed by atoms with Crippen molar-refractivity contribution in [1.29, 1.82) is 0 Å². The molecule has 5 heteroatoms. The summed E-state index contributed by atoms with van der Waals surface area (Å²) in [6, 6.07) is 8.83. The molecule has 2 saturated carbocycles. The molecular weight excluding hydrogens is 423 g/mol. The number of aryl methyl sites for hydroxylation is 1. The number of nitrogens with zero attached hydrogens (tertiary/aromatic N) is 3. The molecule has 0 amide bonds. The van der Waals surface area contributed by atoms with E-state index in [9.17, 15) is 0 Å². The number of halogens is 1. The third-order valence-corrected chi connectivity index (χ3v) is 6.09. The van der Waals surface area contributed by atoms with Gasteiger partial charge in [-0.15, -0.1) is 24.0 Å². The maximum absolute atomic E-state index is 4.55. The van der Waals surface area contributed by atoms with Crippen molar-refractivity contribution in [3.05, 3.63) is 29.8 Å². The first-order valence-electron chi connectivity index (χ1n) is 9.47. The summed E-state index contributed by atoms with van der Waals surface area (Å²) in [4.78, 5) is 9.46. The zero-order valence-corrected chi connectivity index (χ0v) is 17.8. The Morgan fingerprint density at radius 3 is 2.48 bits per heavy atom. The molecule has 1 saturated heterocycles. The van der Waals surface area contributed by atoms with Gasteiger partial charge in [-0.25, -0.2) is 0 Å². The lowest BCUT2D eigenvalue weighted by atomic mass is 10.0. The first-order chi connectivity index (χ1) is 11.7. The molecule has 3 fully saturated rings. The second-order valence-corrected chi connectivity index (χ2v) is 7.85. The maximum Gasteiger partial charge on any atom is 0.193 e. The number of hydrogen-bond acceptors (Lipinski definition) is 2. The number of aliphatic imine (C=N–C) groups is 1. The summed E-state index contributed by atoms with van der Waals surface area (Å²) in [6.45, 7) is 7.52. The normalized spacial score (nSPS) is 22.4. The van der Waals surface area contributed by atoms with Gasteiger partial charge in [0.2, 0.25) is 0 Å². The molecule has 3 aliphatic rings. The van der Waals surface area contributed by atoms with Crippen LogP contribution in [0.5, 0.6) is 0 Å². The van der Waals surface area contributed by atoms with Gasteiger partial charge in [-0.3, -0.25) is 4.99 Å². The summed E-state index contributed by atoms with van der Waals surface area (Å²) in [5.74, 6) is 2.10. The fourth-order valence-corrected chi connectivity index (χ4v) is 4.17. The average Bonchev–Trinajstić information content (AvgIpc) is 3.49. The van der Waals surface area contributed by atoms with Crippen LogP contribution in [-0.4, -0.2) is 50.6 Å². The van der Waals surface area contributed by atoms with Crippen molar-refractivity contribution in [2.24, 2.45) is 16.3 Å². The Kier molecular flexibility index (Phi) is 5.81. The van der Waals surface area contributed by atoms with Gasteiger partial charge >= 0.3 is 0 Å². The Morgan fingerprint density at radius 2 is 1.92 bits per heavy atom. The molecule has 1 aromatic rings. The van der Waals surface area contributed by atoms with Gasteiger partial charge in [0.25, 0.3) is 0 Å². The number of anilines is 1. The van der Waals surface area contributed by atoms with Crippen molar-refractivity contribution in [3.63, 3.8) is 0 Å². The molecule has 0 bridgehead atoms. The van der Waals surface area contributed by atoms with E-state index in [1.54, 1.807) is 0 Å². The van der Waals surface area contributed by atoms with Crippen molar-refractivity contribution in [2.75, 3.05) is 44.7 Å². The van der Waals surface area contributed by atoms with Crippen LogP contribution in [-0.2, 0) is 0 Å². The standard InChI is InChI=1S/C20H30N4.HI/c1-16-4-3-5-18(14-16)23-10-12-24(13-11-23)19(21-2)22-15-20(8-9-20)17-6-7-17;/h3-5,14,17H,6-13,15H2,1-2H3,(H,21,22);1H. The van der Waals surface area contributed by atoms with E-state index in [0.717, 1.165) is 44.6 Å². The van der Waals surface area contributed by atoms with Crippen LogP contribution in [0.25, 0.3) is 0 Å². The highest BCUT2D eigenvalue weighted by atomic mass is 127. The molecule has 0 unspecified atom stereocenters. The van der Waals surface area contributed by atoms with Gasteiger partial charge in [0.1, 0.15) is 0 Å². The van der Waals surface area contributed by atoms with Gasteiger partial charge in [0.05, 0.1) is 0 Å². The molecule has 0 atom stereocenters. The van der Waals surface area contributed by atoms with Gasteiger partial charge < -0.3 is 15.1 Å². The van der Waals surface area contributed by atoms with E-state index in [0.29, 0.717) is 5.41 Å². The van der Waals surface area contributed by atoms with Crippen LogP contribution in [0.3, 0.4) is 0 Å². The first kappa shape index (κ1) is 18.8. The van der Waals surface area contributed by atoms with Crippen molar-refractivity contribution >= 4 is 35.6 Å². The van der Waals surface area contributed by atoms with Crippen molar-refractivity contribution in [1.82, 2.24) is 10.2 Å². The third kappa shape index (κ3) is 4.23. The minimum absolute atomic E-state index is 0. The third-order valence-electron chi connectivity index (χ3n) is 6.09. The largest absolute Gasteiger partial charge is 0.368 e. The smallest absolute Gasteiger partial charge is 0.193 e. The molecule has 4 nitrogen and oxygen atoms in total. The first-order valence-corrected chi connectivity index (χ1v) is 9.47. The van der Waals surface area contributed by atoms with E-state index in [1.165, 1.54) is 36.9 Å². The van der Waals surface area contributed by atoms with Gasteiger partial charge in [0, 0.05) is 45.5 Å². The van der Waals surface area contributed by atoms with E-state index < -0.39 is 0 Å². The fraction of sp³-hybridized carbons (Fsp3) is 0.650. The second-order valence-electron chi connectivity index (χ2n) is 7.85. The van der Waals surface area contributed by atoms with E-state index >= 15 is 0 Å². The molecular formula is C20H31IN4. The summed E-state index contributed by atoms with van der Waals surface area (Å²) < 4.78 is 0. The SMILES string of the molecule is CN=C(NCC1(C2CC2)CC1)N1CCN(c2cccc(C)c2)CC1.I. The number of piperazine rings is 1. The second kappa shape index (κ2) is 7.72. The summed E-state index contributed by atoms with van der Waals surface area (Å²) in [6.07, 6.45) is 5.75. The van der Waals surface area contributed by atoms with Crippen LogP contribution in [0.1, 0.15) is 31.2 Å². The minimum atomic E-state index is 0. The average molecular weight is 454 g/mol. The Hall–Kier alpha value is -0.980. The summed E-state index contributed by atoms with van der Waals surface area (Å²) in [5.41, 5.74) is 3.31. The van der Waals surface area contributed by atoms with Crippen LogP contribution in [0.2, 0.25) is 0 Å². The summed E-state index contributed by atoms with van der Waals surface area (Å²) >= 11 is 0. The number of benzene rings is 1. The lowest BCUT2D eigenvalue weighted by Gasteiger charge is -2.38. The number of nitrogens with one attached hydrogen (secondary N) is 1. The van der Waals surface area contributed by atoms with E-state index in [1.807, 2.05) is 7.05 Å². The zero-order valence-electron chi connectivity index (χ0n) is 15.5. The summed E-state index contributed by atoms with van der Waals surface area (Å²) in [5, 5.41) is 3.68. The Bertz CT molecular complexity index is 614. The highest BCUT2D eigenvalue weighted by Gasteiger charge is 2.53. The molecule has 1 N–H and O–H groups in total. The number of hydrogen-bond donors (Lipinski definition) is 1. The Morgan fingerprint density at radius 1 is 1.20 bits per heavy atom. The van der Waals surface area contributed by atoms with Crippen LogP contribution < -0.4 is 10.2 Å². The van der Waals surface area contributed by atoms with E-state index in [-0.39, 0.29) is 24.0 Å².